The molecule has 5 heteroatoms. The lowest BCUT2D eigenvalue weighted by Gasteiger charge is -2.18. The Kier molecular flexibility index (Phi) is 5.25. The van der Waals surface area contributed by atoms with Crippen LogP contribution in [0, 0.1) is 11.6 Å². The van der Waals surface area contributed by atoms with Crippen molar-refractivity contribution in [3.63, 3.8) is 0 Å². The Bertz CT molecular complexity index is 584. The summed E-state index contributed by atoms with van der Waals surface area (Å²) in [4.78, 5) is 0. The predicted molar refractivity (Wildman–Crippen MR) is 76.2 cm³/mol. The quantitative estimate of drug-likeness (QED) is 0.833. The highest BCUT2D eigenvalue weighted by Gasteiger charge is 2.21. The van der Waals surface area contributed by atoms with Crippen molar-refractivity contribution in [1.82, 2.24) is 0 Å². The Balaban J connectivity index is 2.32. The van der Waals surface area contributed by atoms with Crippen LogP contribution in [0.25, 0.3) is 0 Å². The molecule has 0 radical (unpaired) electrons. The standard InChI is InChI=1S/C16H17F2NO2/c1-20-9-10-21-14-8-3-2-5-11(14)16(19)15-12(17)6-4-7-13(15)18/h2-8,16H,9-10,19H2,1H3. The van der Waals surface area contributed by atoms with E-state index in [4.69, 9.17) is 15.2 Å². The number of halogens is 2. The van der Waals surface area contributed by atoms with Gasteiger partial charge in [0.25, 0.3) is 0 Å². The number of ether oxygens (including phenoxy) is 2. The lowest BCUT2D eigenvalue weighted by Crippen LogP contribution is -2.17. The summed E-state index contributed by atoms with van der Waals surface area (Å²) in [5.74, 6) is -0.854. The second kappa shape index (κ2) is 7.15. The third-order valence-corrected chi connectivity index (χ3v) is 3.11. The van der Waals surface area contributed by atoms with E-state index in [1.54, 1.807) is 31.4 Å². The van der Waals surface area contributed by atoms with Crippen LogP contribution in [0.15, 0.2) is 42.5 Å². The van der Waals surface area contributed by atoms with Crippen LogP contribution in [0.3, 0.4) is 0 Å². The third kappa shape index (κ3) is 3.56. The first-order chi connectivity index (χ1) is 10.1. The molecule has 1 atom stereocenters. The number of nitrogens with two attached hydrogens (primary N) is 1. The first-order valence-corrected chi connectivity index (χ1v) is 6.55. The molecule has 2 rings (SSSR count). The predicted octanol–water partition coefficient (Wildman–Crippen LogP) is 3.04. The van der Waals surface area contributed by atoms with Crippen LogP contribution in [-0.4, -0.2) is 20.3 Å². The van der Waals surface area contributed by atoms with E-state index >= 15 is 0 Å². The SMILES string of the molecule is COCCOc1ccccc1C(N)c1c(F)cccc1F. The van der Waals surface area contributed by atoms with Gasteiger partial charge in [-0.3, -0.25) is 0 Å². The summed E-state index contributed by atoms with van der Waals surface area (Å²) in [7, 11) is 1.57. The summed E-state index contributed by atoms with van der Waals surface area (Å²) in [5, 5.41) is 0. The molecule has 0 amide bonds. The number of hydrogen-bond acceptors (Lipinski definition) is 3. The molecule has 0 bridgehead atoms. The van der Waals surface area contributed by atoms with Crippen LogP contribution >= 0.6 is 0 Å². The minimum Gasteiger partial charge on any atom is -0.491 e. The zero-order valence-corrected chi connectivity index (χ0v) is 11.7. The normalized spacial score (nSPS) is 12.2. The number of hydrogen-bond donors (Lipinski definition) is 1. The minimum atomic E-state index is -0.940. The van der Waals surface area contributed by atoms with Gasteiger partial charge in [0, 0.05) is 18.2 Å². The van der Waals surface area contributed by atoms with E-state index in [0.29, 0.717) is 24.5 Å². The molecular weight excluding hydrogens is 276 g/mol. The molecule has 1 unspecified atom stereocenters. The van der Waals surface area contributed by atoms with Crippen LogP contribution in [0.5, 0.6) is 5.75 Å². The molecule has 0 spiro atoms. The molecule has 0 aliphatic heterocycles. The van der Waals surface area contributed by atoms with Crippen molar-refractivity contribution < 1.29 is 18.3 Å². The van der Waals surface area contributed by atoms with Gasteiger partial charge in [-0.15, -0.1) is 0 Å². The molecule has 2 aromatic carbocycles. The van der Waals surface area contributed by atoms with Crippen LogP contribution in [-0.2, 0) is 4.74 Å². The lowest BCUT2D eigenvalue weighted by atomic mass is 9.98. The molecular formula is C16H17F2NO2. The number of para-hydroxylation sites is 1. The van der Waals surface area contributed by atoms with Gasteiger partial charge in [-0.05, 0) is 18.2 Å². The van der Waals surface area contributed by atoms with Crippen LogP contribution < -0.4 is 10.5 Å². The first-order valence-electron chi connectivity index (χ1n) is 6.55. The van der Waals surface area contributed by atoms with E-state index in [1.165, 1.54) is 18.2 Å². The zero-order valence-electron chi connectivity index (χ0n) is 11.7. The highest BCUT2D eigenvalue weighted by Crippen LogP contribution is 2.30. The molecule has 3 nitrogen and oxygen atoms in total. The Morgan fingerprint density at radius 3 is 2.33 bits per heavy atom. The molecule has 2 N–H and O–H groups in total. The number of rotatable bonds is 6. The van der Waals surface area contributed by atoms with Crippen LogP contribution in [0.2, 0.25) is 0 Å². The summed E-state index contributed by atoms with van der Waals surface area (Å²) >= 11 is 0. The smallest absolute Gasteiger partial charge is 0.131 e. The summed E-state index contributed by atoms with van der Waals surface area (Å²) in [5.41, 5.74) is 6.39. The van der Waals surface area contributed by atoms with Gasteiger partial charge < -0.3 is 15.2 Å². The minimum absolute atomic E-state index is 0.166. The van der Waals surface area contributed by atoms with Gasteiger partial charge in [-0.1, -0.05) is 24.3 Å². The Morgan fingerprint density at radius 2 is 1.67 bits per heavy atom. The maximum atomic E-state index is 13.8. The number of benzene rings is 2. The van der Waals surface area contributed by atoms with Crippen molar-refractivity contribution in [3.05, 3.63) is 65.2 Å². The van der Waals surface area contributed by atoms with Gasteiger partial charge in [-0.25, -0.2) is 8.78 Å². The molecule has 0 aliphatic carbocycles. The maximum absolute atomic E-state index is 13.8. The number of methoxy groups -OCH3 is 1. The summed E-state index contributed by atoms with van der Waals surface area (Å²) in [6.45, 7) is 0.748. The van der Waals surface area contributed by atoms with Gasteiger partial charge in [0.2, 0.25) is 0 Å². The van der Waals surface area contributed by atoms with Crippen LogP contribution in [0.1, 0.15) is 17.2 Å². The largest absolute Gasteiger partial charge is 0.491 e. The molecule has 2 aromatic rings. The van der Waals surface area contributed by atoms with E-state index in [1.807, 2.05) is 0 Å². The van der Waals surface area contributed by atoms with Gasteiger partial charge in [-0.2, -0.15) is 0 Å². The molecule has 0 aliphatic rings. The van der Waals surface area contributed by atoms with Crippen molar-refractivity contribution >= 4 is 0 Å². The average Bonchev–Trinajstić information content (AvgIpc) is 2.47. The van der Waals surface area contributed by atoms with E-state index < -0.39 is 17.7 Å². The van der Waals surface area contributed by atoms with Crippen molar-refractivity contribution in [2.45, 2.75) is 6.04 Å². The highest BCUT2D eigenvalue weighted by molar-refractivity contribution is 5.42. The van der Waals surface area contributed by atoms with Crippen molar-refractivity contribution in [2.75, 3.05) is 20.3 Å². The van der Waals surface area contributed by atoms with Crippen LogP contribution in [0.4, 0.5) is 8.78 Å². The topological polar surface area (TPSA) is 44.5 Å². The Labute approximate surface area is 122 Å². The lowest BCUT2D eigenvalue weighted by molar-refractivity contribution is 0.145. The fourth-order valence-electron chi connectivity index (χ4n) is 2.07. The second-order valence-electron chi connectivity index (χ2n) is 4.49. The third-order valence-electron chi connectivity index (χ3n) is 3.11. The molecule has 112 valence electrons. The van der Waals surface area contributed by atoms with E-state index in [9.17, 15) is 8.78 Å². The fourth-order valence-corrected chi connectivity index (χ4v) is 2.07. The summed E-state index contributed by atoms with van der Waals surface area (Å²) < 4.78 is 38.1. The fraction of sp³-hybridized carbons (Fsp3) is 0.250. The molecule has 0 fully saturated rings. The molecule has 0 heterocycles. The summed E-state index contributed by atoms with van der Waals surface area (Å²) in [6, 6.07) is 9.67. The molecule has 0 aromatic heterocycles. The Morgan fingerprint density at radius 1 is 1.00 bits per heavy atom. The van der Waals surface area contributed by atoms with Gasteiger partial charge >= 0.3 is 0 Å². The van der Waals surface area contributed by atoms with Crippen molar-refractivity contribution in [1.29, 1.82) is 0 Å². The zero-order chi connectivity index (χ0) is 15.2. The first kappa shape index (κ1) is 15.4. The van der Waals surface area contributed by atoms with E-state index in [0.717, 1.165) is 0 Å². The molecule has 21 heavy (non-hydrogen) atoms. The van der Waals surface area contributed by atoms with Gasteiger partial charge in [0.1, 0.15) is 24.0 Å². The highest BCUT2D eigenvalue weighted by atomic mass is 19.1. The van der Waals surface area contributed by atoms with Crippen molar-refractivity contribution in [3.8, 4) is 5.75 Å². The van der Waals surface area contributed by atoms with Gasteiger partial charge in [0.15, 0.2) is 0 Å². The van der Waals surface area contributed by atoms with Gasteiger partial charge in [0.05, 0.1) is 12.6 Å². The second-order valence-corrected chi connectivity index (χ2v) is 4.49. The monoisotopic (exact) mass is 293 g/mol. The van der Waals surface area contributed by atoms with Crippen molar-refractivity contribution in [2.24, 2.45) is 5.73 Å². The molecule has 0 saturated heterocycles. The maximum Gasteiger partial charge on any atom is 0.131 e. The summed E-state index contributed by atoms with van der Waals surface area (Å²) in [6.07, 6.45) is 0. The average molecular weight is 293 g/mol. The van der Waals surface area contributed by atoms with E-state index in [2.05, 4.69) is 0 Å². The van der Waals surface area contributed by atoms with E-state index in [-0.39, 0.29) is 5.56 Å². The Hall–Kier alpha value is -1.98. The molecule has 0 saturated carbocycles.